The second-order valence-electron chi connectivity index (χ2n) is 12.2. The fourth-order valence-electron chi connectivity index (χ4n) is 7.26. The average molecular weight is 471 g/mol. The third-order valence-electron chi connectivity index (χ3n) is 9.03. The average Bonchev–Trinajstić information content (AvgIpc) is 3.06. The highest BCUT2D eigenvalue weighted by Gasteiger charge is 2.56. The van der Waals surface area contributed by atoms with Gasteiger partial charge in [-0.05, 0) is 80.1 Å². The van der Waals surface area contributed by atoms with Crippen molar-refractivity contribution in [3.05, 3.63) is 35.5 Å². The maximum atomic E-state index is 12.6. The Morgan fingerprint density at radius 2 is 2.00 bits per heavy atom. The van der Waals surface area contributed by atoms with E-state index in [1.165, 1.54) is 48.8 Å². The predicted molar refractivity (Wildman–Crippen MR) is 141 cm³/mol. The maximum absolute atomic E-state index is 12.6. The molecule has 0 amide bonds. The summed E-state index contributed by atoms with van der Waals surface area (Å²) in [7, 11) is 0. The first-order valence-electron chi connectivity index (χ1n) is 14.1. The lowest BCUT2D eigenvalue weighted by atomic mass is 9.60. The van der Waals surface area contributed by atoms with Crippen molar-refractivity contribution in [1.82, 2.24) is 0 Å². The predicted octanol–water partition coefficient (Wildman–Crippen LogP) is 7.94. The number of hydrogen-bond donors (Lipinski definition) is 1. The second kappa shape index (κ2) is 12.1. The maximum Gasteiger partial charge on any atom is 0.306 e. The molecule has 0 spiro atoms. The van der Waals surface area contributed by atoms with Gasteiger partial charge in [0.1, 0.15) is 6.10 Å². The van der Waals surface area contributed by atoms with Gasteiger partial charge in [-0.1, -0.05) is 83.8 Å². The number of allylic oxidation sites excluding steroid dienone is 4. The Bertz CT molecular complexity index is 776. The van der Waals surface area contributed by atoms with E-state index in [-0.39, 0.29) is 23.6 Å². The van der Waals surface area contributed by atoms with Crippen LogP contribution in [0.25, 0.3) is 0 Å². The van der Waals surface area contributed by atoms with Crippen LogP contribution in [0.2, 0.25) is 0 Å². The smallest absolute Gasteiger partial charge is 0.306 e. The zero-order valence-corrected chi connectivity index (χ0v) is 22.6. The van der Waals surface area contributed by atoms with Crippen molar-refractivity contribution in [3.63, 3.8) is 0 Å². The molecule has 0 bridgehead atoms. The van der Waals surface area contributed by atoms with Gasteiger partial charge in [-0.2, -0.15) is 0 Å². The molecule has 0 aromatic heterocycles. The fourth-order valence-corrected chi connectivity index (χ4v) is 7.26. The molecular formula is C31H50O3. The third-order valence-corrected chi connectivity index (χ3v) is 9.03. The lowest BCUT2D eigenvalue weighted by Crippen LogP contribution is -2.39. The van der Waals surface area contributed by atoms with Crippen molar-refractivity contribution in [3.8, 4) is 0 Å². The molecule has 3 nitrogen and oxygen atoms in total. The molecule has 0 saturated heterocycles. The Kier molecular flexibility index (Phi) is 9.66. The first-order valence-corrected chi connectivity index (χ1v) is 14.1. The molecule has 34 heavy (non-hydrogen) atoms. The molecule has 0 radical (unpaired) electrons. The van der Waals surface area contributed by atoms with E-state index in [9.17, 15) is 9.90 Å². The van der Waals surface area contributed by atoms with Gasteiger partial charge < -0.3 is 9.84 Å². The minimum atomic E-state index is -0.239. The van der Waals surface area contributed by atoms with Gasteiger partial charge in [0.05, 0.1) is 6.10 Å². The zero-order chi connectivity index (χ0) is 24.9. The molecule has 3 heteroatoms. The quantitative estimate of drug-likeness (QED) is 0.348. The van der Waals surface area contributed by atoms with E-state index in [0.717, 1.165) is 44.4 Å². The van der Waals surface area contributed by atoms with E-state index < -0.39 is 0 Å². The van der Waals surface area contributed by atoms with Gasteiger partial charge in [0, 0.05) is 12.3 Å². The number of carbonyl (C=O) groups is 1. The number of ether oxygens (including phenoxy) is 1. The van der Waals surface area contributed by atoms with Crippen molar-refractivity contribution in [2.24, 2.45) is 29.1 Å². The van der Waals surface area contributed by atoms with Crippen LogP contribution in [-0.2, 0) is 9.53 Å². The Balaban J connectivity index is 1.85. The van der Waals surface area contributed by atoms with Crippen LogP contribution in [0.15, 0.2) is 35.5 Å². The summed E-state index contributed by atoms with van der Waals surface area (Å²) in [5.41, 5.74) is 4.08. The van der Waals surface area contributed by atoms with Crippen molar-refractivity contribution in [2.75, 3.05) is 0 Å². The summed E-state index contributed by atoms with van der Waals surface area (Å²) < 4.78 is 6.22. The van der Waals surface area contributed by atoms with Crippen molar-refractivity contribution in [1.29, 1.82) is 0 Å². The molecule has 0 heterocycles. The Hall–Kier alpha value is -1.35. The summed E-state index contributed by atoms with van der Waals surface area (Å²) in [6, 6.07) is 0. The molecule has 3 saturated carbocycles. The number of hydrogen-bond acceptors (Lipinski definition) is 3. The van der Waals surface area contributed by atoms with E-state index in [1.54, 1.807) is 0 Å². The molecule has 192 valence electrons. The fraction of sp³-hybridized carbons (Fsp3) is 0.774. The highest BCUT2D eigenvalue weighted by atomic mass is 16.5. The largest absolute Gasteiger partial charge is 0.462 e. The normalized spacial score (nSPS) is 35.1. The lowest BCUT2D eigenvalue weighted by molar-refractivity contribution is -0.153. The molecule has 0 aliphatic heterocycles. The lowest BCUT2D eigenvalue weighted by Gasteiger charge is -2.44. The first-order chi connectivity index (χ1) is 16.2. The topological polar surface area (TPSA) is 46.5 Å². The number of rotatable bonds is 9. The summed E-state index contributed by atoms with van der Waals surface area (Å²) in [4.78, 5) is 12.6. The number of esters is 1. The number of aliphatic hydroxyl groups is 1. The number of aliphatic hydroxyl groups excluding tert-OH is 1. The van der Waals surface area contributed by atoms with Crippen LogP contribution in [0, 0.1) is 29.1 Å². The summed E-state index contributed by atoms with van der Waals surface area (Å²) in [5, 5.41) is 10.1. The van der Waals surface area contributed by atoms with Crippen LogP contribution in [0.5, 0.6) is 0 Å². The molecule has 3 rings (SSSR count). The van der Waals surface area contributed by atoms with Crippen LogP contribution < -0.4 is 0 Å². The molecule has 6 atom stereocenters. The molecule has 0 aromatic rings. The van der Waals surface area contributed by atoms with E-state index in [0.29, 0.717) is 24.2 Å². The monoisotopic (exact) mass is 470 g/mol. The second-order valence-corrected chi connectivity index (χ2v) is 12.2. The molecule has 3 aliphatic rings. The van der Waals surface area contributed by atoms with Crippen LogP contribution in [0.4, 0.5) is 0 Å². The van der Waals surface area contributed by atoms with Crippen LogP contribution in [0.1, 0.15) is 112 Å². The van der Waals surface area contributed by atoms with E-state index >= 15 is 0 Å². The van der Waals surface area contributed by atoms with Gasteiger partial charge in [0.25, 0.3) is 0 Å². The summed E-state index contributed by atoms with van der Waals surface area (Å²) in [5.74, 6) is 2.17. The van der Waals surface area contributed by atoms with Crippen molar-refractivity contribution >= 4 is 5.97 Å². The molecule has 1 N–H and O–H groups in total. The molecular weight excluding hydrogens is 420 g/mol. The highest BCUT2D eigenvalue weighted by Crippen LogP contribution is 2.60. The Labute approximate surface area is 209 Å². The molecule has 1 unspecified atom stereocenters. The zero-order valence-electron chi connectivity index (χ0n) is 22.6. The van der Waals surface area contributed by atoms with Crippen molar-refractivity contribution < 1.29 is 14.6 Å². The Morgan fingerprint density at radius 3 is 2.71 bits per heavy atom. The van der Waals surface area contributed by atoms with E-state index in [4.69, 9.17) is 4.74 Å². The number of fused-ring (bicyclic) bond motifs is 1. The van der Waals surface area contributed by atoms with Crippen molar-refractivity contribution in [2.45, 2.75) is 124 Å². The minimum absolute atomic E-state index is 0.0192. The molecule has 0 aromatic carbocycles. The molecule has 3 aliphatic carbocycles. The van der Waals surface area contributed by atoms with E-state index in [2.05, 4.69) is 46.4 Å². The highest BCUT2D eigenvalue weighted by molar-refractivity contribution is 5.69. The van der Waals surface area contributed by atoms with Gasteiger partial charge in [-0.25, -0.2) is 0 Å². The van der Waals surface area contributed by atoms with Gasteiger partial charge in [0.2, 0.25) is 0 Å². The molecule has 3 fully saturated rings. The summed E-state index contributed by atoms with van der Waals surface area (Å²) in [6.07, 6.45) is 16.4. The van der Waals surface area contributed by atoms with Gasteiger partial charge >= 0.3 is 5.97 Å². The minimum Gasteiger partial charge on any atom is -0.462 e. The third kappa shape index (κ3) is 6.45. The standard InChI is InChI=1S/C31H50O3/c1-7-10-29(33)34-28-20-27-24(15-16-25-19-26(32)17-14-22(25)4)13-9-18-31(27,6)30(28)23(5)12-8-11-21(2)3/h15-16,21,23,26-28,30,32H,4,7-14,17-20H2,1-3,5-6H3/b24-15+,25-16+/t23-,26+,27+,28?,30+,31-/m1/s1. The van der Waals surface area contributed by atoms with Gasteiger partial charge in [-0.3, -0.25) is 4.79 Å². The van der Waals surface area contributed by atoms with Gasteiger partial charge in [0.15, 0.2) is 0 Å². The van der Waals surface area contributed by atoms with Crippen LogP contribution in [0.3, 0.4) is 0 Å². The number of carbonyl (C=O) groups excluding carboxylic acids is 1. The van der Waals surface area contributed by atoms with Crippen LogP contribution in [-0.4, -0.2) is 23.3 Å². The first kappa shape index (κ1) is 27.2. The van der Waals surface area contributed by atoms with Gasteiger partial charge in [-0.15, -0.1) is 0 Å². The summed E-state index contributed by atoms with van der Waals surface area (Å²) in [6.45, 7) is 15.8. The van der Waals surface area contributed by atoms with Crippen LogP contribution >= 0.6 is 0 Å². The van der Waals surface area contributed by atoms with E-state index in [1.807, 2.05) is 6.92 Å². The SMILES string of the molecule is C=C1CC[C@H](O)C/C1=C\C=C1/CCC[C@@]2(C)[C@@H]([C@H](C)CCCC(C)C)C(OC(=O)CCC)C[C@@H]12. The summed E-state index contributed by atoms with van der Waals surface area (Å²) >= 11 is 0. The Morgan fingerprint density at radius 1 is 1.24 bits per heavy atom.